The van der Waals surface area contributed by atoms with Crippen molar-refractivity contribution in [1.29, 1.82) is 0 Å². The van der Waals surface area contributed by atoms with Gasteiger partial charge in [0.15, 0.2) is 5.96 Å². The van der Waals surface area contributed by atoms with E-state index < -0.39 is 10.0 Å². The predicted molar refractivity (Wildman–Crippen MR) is 69.6 cm³/mol. The minimum Gasteiger partial charge on any atom is -0.359 e. The lowest BCUT2D eigenvalue weighted by Gasteiger charge is -2.30. The number of nitrogens with one attached hydrogen (secondary N) is 2. The van der Waals surface area contributed by atoms with Gasteiger partial charge in [-0.05, 0) is 18.8 Å². The smallest absolute Gasteiger partial charge is 0.211 e. The number of sulfonamides is 1. The molecule has 0 saturated carbocycles. The molecule has 1 heterocycles. The van der Waals surface area contributed by atoms with E-state index >= 15 is 0 Å². The summed E-state index contributed by atoms with van der Waals surface area (Å²) < 4.78 is 24.2. The molecule has 1 aliphatic rings. The standard InChI is InChI=1S/C10H22N4O2S/c1-11-10(12-2)13-8-9-4-6-14(7-5-9)17(3,15)16/h9H,4-8H2,1-3H3,(H2,11,12,13). The normalized spacial score (nSPS) is 20.3. The molecule has 0 unspecified atom stereocenters. The number of piperidine rings is 1. The van der Waals surface area contributed by atoms with Gasteiger partial charge in [0.25, 0.3) is 0 Å². The summed E-state index contributed by atoms with van der Waals surface area (Å²) in [6.07, 6.45) is 3.08. The van der Waals surface area contributed by atoms with Crippen molar-refractivity contribution in [2.45, 2.75) is 12.8 Å². The lowest BCUT2D eigenvalue weighted by atomic mass is 9.98. The van der Waals surface area contributed by atoms with Crippen molar-refractivity contribution in [3.8, 4) is 0 Å². The summed E-state index contributed by atoms with van der Waals surface area (Å²) in [5.74, 6) is 1.29. The molecule has 0 spiro atoms. The molecule has 1 fully saturated rings. The van der Waals surface area contributed by atoms with Gasteiger partial charge in [-0.25, -0.2) is 12.7 Å². The molecule has 6 nitrogen and oxygen atoms in total. The van der Waals surface area contributed by atoms with Crippen LogP contribution in [0, 0.1) is 5.92 Å². The van der Waals surface area contributed by atoms with E-state index in [0.717, 1.165) is 25.3 Å². The van der Waals surface area contributed by atoms with Gasteiger partial charge in [-0.3, -0.25) is 4.99 Å². The van der Waals surface area contributed by atoms with Crippen molar-refractivity contribution in [2.24, 2.45) is 10.9 Å². The average Bonchev–Trinajstić information content (AvgIpc) is 2.30. The molecule has 0 bridgehead atoms. The maximum Gasteiger partial charge on any atom is 0.211 e. The van der Waals surface area contributed by atoms with Crippen LogP contribution < -0.4 is 10.6 Å². The van der Waals surface area contributed by atoms with Crippen molar-refractivity contribution < 1.29 is 8.42 Å². The third-order valence-corrected chi connectivity index (χ3v) is 4.36. The molecule has 2 N–H and O–H groups in total. The minimum absolute atomic E-state index is 0.512. The molecule has 7 heteroatoms. The maximum absolute atomic E-state index is 11.3. The van der Waals surface area contributed by atoms with E-state index in [0.29, 0.717) is 19.0 Å². The van der Waals surface area contributed by atoms with E-state index in [1.165, 1.54) is 6.26 Å². The lowest BCUT2D eigenvalue weighted by molar-refractivity contribution is 0.275. The Bertz CT molecular complexity index is 359. The monoisotopic (exact) mass is 262 g/mol. The molecule has 0 aromatic rings. The van der Waals surface area contributed by atoms with Crippen LogP contribution >= 0.6 is 0 Å². The highest BCUT2D eigenvalue weighted by Gasteiger charge is 2.24. The number of hydrogen-bond acceptors (Lipinski definition) is 3. The second kappa shape index (κ2) is 6.20. The van der Waals surface area contributed by atoms with Crippen molar-refractivity contribution >= 4 is 16.0 Å². The third kappa shape index (κ3) is 4.51. The van der Waals surface area contributed by atoms with Crippen molar-refractivity contribution in [3.63, 3.8) is 0 Å². The third-order valence-electron chi connectivity index (χ3n) is 3.06. The first kappa shape index (κ1) is 14.2. The van der Waals surface area contributed by atoms with Crippen LogP contribution in [0.4, 0.5) is 0 Å². The van der Waals surface area contributed by atoms with Gasteiger partial charge in [-0.1, -0.05) is 0 Å². The zero-order valence-electron chi connectivity index (χ0n) is 10.7. The van der Waals surface area contributed by atoms with Crippen molar-refractivity contribution in [2.75, 3.05) is 40.0 Å². The number of aliphatic imine (C=N–C) groups is 1. The summed E-state index contributed by atoms with van der Waals surface area (Å²) in [6.45, 7) is 2.10. The van der Waals surface area contributed by atoms with E-state index in [9.17, 15) is 8.42 Å². The Balaban J connectivity index is 2.33. The first-order valence-electron chi connectivity index (χ1n) is 5.81. The van der Waals surface area contributed by atoms with Crippen LogP contribution in [-0.4, -0.2) is 58.7 Å². The Morgan fingerprint density at radius 2 is 2.00 bits per heavy atom. The van der Waals surface area contributed by atoms with Gasteiger partial charge in [0.2, 0.25) is 10.0 Å². The van der Waals surface area contributed by atoms with Gasteiger partial charge in [0.05, 0.1) is 6.26 Å². The number of hydrogen-bond donors (Lipinski definition) is 2. The molecule has 0 aromatic heterocycles. The van der Waals surface area contributed by atoms with E-state index in [4.69, 9.17) is 0 Å². The molecule has 1 saturated heterocycles. The highest BCUT2D eigenvalue weighted by Crippen LogP contribution is 2.18. The summed E-state index contributed by atoms with van der Waals surface area (Å²) in [4.78, 5) is 4.03. The first-order chi connectivity index (χ1) is 7.97. The van der Waals surface area contributed by atoms with Crippen LogP contribution in [0.1, 0.15) is 12.8 Å². The summed E-state index contributed by atoms with van der Waals surface area (Å²) in [6, 6.07) is 0. The second-order valence-corrected chi connectivity index (χ2v) is 6.29. The van der Waals surface area contributed by atoms with E-state index in [2.05, 4.69) is 15.6 Å². The zero-order chi connectivity index (χ0) is 12.9. The average molecular weight is 262 g/mol. The fourth-order valence-electron chi connectivity index (χ4n) is 1.97. The molecule has 1 rings (SSSR count). The Morgan fingerprint density at radius 3 is 2.41 bits per heavy atom. The van der Waals surface area contributed by atoms with Gasteiger partial charge in [-0.2, -0.15) is 0 Å². The van der Waals surface area contributed by atoms with Gasteiger partial charge in [-0.15, -0.1) is 0 Å². The molecule has 0 atom stereocenters. The highest BCUT2D eigenvalue weighted by molar-refractivity contribution is 7.88. The molecule has 0 aliphatic carbocycles. The van der Waals surface area contributed by atoms with Crippen molar-refractivity contribution in [1.82, 2.24) is 14.9 Å². The summed E-state index contributed by atoms with van der Waals surface area (Å²) in [7, 11) is 0.535. The fourth-order valence-corrected chi connectivity index (χ4v) is 2.84. The van der Waals surface area contributed by atoms with E-state index in [-0.39, 0.29) is 0 Å². The topological polar surface area (TPSA) is 73.8 Å². The molecule has 17 heavy (non-hydrogen) atoms. The summed E-state index contributed by atoms with van der Waals surface area (Å²) in [5.41, 5.74) is 0. The first-order valence-corrected chi connectivity index (χ1v) is 7.65. The molecular weight excluding hydrogens is 240 g/mol. The Labute approximate surface area is 104 Å². The molecule has 1 aliphatic heterocycles. The summed E-state index contributed by atoms with van der Waals surface area (Å²) in [5, 5.41) is 6.17. The number of nitrogens with zero attached hydrogens (tertiary/aromatic N) is 2. The molecule has 0 amide bonds. The van der Waals surface area contributed by atoms with Crippen LogP contribution in [-0.2, 0) is 10.0 Å². The maximum atomic E-state index is 11.3. The number of guanidine groups is 1. The van der Waals surface area contributed by atoms with Crippen LogP contribution in [0.25, 0.3) is 0 Å². The van der Waals surface area contributed by atoms with Crippen LogP contribution in [0.15, 0.2) is 4.99 Å². The molecular formula is C10H22N4O2S. The van der Waals surface area contributed by atoms with Gasteiger partial charge >= 0.3 is 0 Å². The second-order valence-electron chi connectivity index (χ2n) is 4.31. The summed E-state index contributed by atoms with van der Waals surface area (Å²) >= 11 is 0. The van der Waals surface area contributed by atoms with E-state index in [1.807, 2.05) is 7.05 Å². The SMILES string of the molecule is CN=C(NC)NCC1CCN(S(C)(=O)=O)CC1. The minimum atomic E-state index is -3.01. The Morgan fingerprint density at radius 1 is 1.41 bits per heavy atom. The van der Waals surface area contributed by atoms with Crippen molar-refractivity contribution in [3.05, 3.63) is 0 Å². The molecule has 0 aromatic carbocycles. The van der Waals surface area contributed by atoms with E-state index in [1.54, 1.807) is 11.4 Å². The zero-order valence-corrected chi connectivity index (χ0v) is 11.5. The largest absolute Gasteiger partial charge is 0.359 e. The van der Waals surface area contributed by atoms with Crippen LogP contribution in [0.5, 0.6) is 0 Å². The molecule has 0 radical (unpaired) electrons. The van der Waals surface area contributed by atoms with Crippen LogP contribution in [0.3, 0.4) is 0 Å². The Kier molecular flexibility index (Phi) is 5.20. The quantitative estimate of drug-likeness (QED) is 0.529. The van der Waals surface area contributed by atoms with Gasteiger partial charge in [0.1, 0.15) is 0 Å². The van der Waals surface area contributed by atoms with Gasteiger partial charge in [0, 0.05) is 33.7 Å². The molecule has 100 valence electrons. The van der Waals surface area contributed by atoms with Crippen LogP contribution in [0.2, 0.25) is 0 Å². The fraction of sp³-hybridized carbons (Fsp3) is 0.900. The number of rotatable bonds is 3. The Hall–Kier alpha value is -0.820. The lowest BCUT2D eigenvalue weighted by Crippen LogP contribution is -2.43. The highest BCUT2D eigenvalue weighted by atomic mass is 32.2. The van der Waals surface area contributed by atoms with Gasteiger partial charge < -0.3 is 10.6 Å². The predicted octanol–water partition coefficient (Wildman–Crippen LogP) is -0.547.